The van der Waals surface area contributed by atoms with E-state index in [-0.39, 0.29) is 18.3 Å². The Morgan fingerprint density at radius 2 is 2.24 bits per heavy atom. The average Bonchev–Trinajstić information content (AvgIpc) is 3.15. The van der Waals surface area contributed by atoms with Crippen molar-refractivity contribution >= 4 is 17.2 Å². The van der Waals surface area contributed by atoms with E-state index in [1.807, 2.05) is 17.5 Å². The van der Waals surface area contributed by atoms with Crippen molar-refractivity contribution in [2.75, 3.05) is 0 Å². The molecule has 0 unspecified atom stereocenters. The van der Waals surface area contributed by atoms with Crippen LogP contribution in [-0.2, 0) is 6.54 Å². The summed E-state index contributed by atoms with van der Waals surface area (Å²) < 4.78 is 17.9. The third-order valence-corrected chi connectivity index (χ3v) is 3.57. The smallest absolute Gasteiger partial charge is 0.316 e. The molecule has 1 amide bonds. The van der Waals surface area contributed by atoms with Crippen molar-refractivity contribution in [1.82, 2.24) is 15.5 Å². The second kappa shape index (κ2) is 5.84. The zero-order chi connectivity index (χ0) is 14.7. The highest BCUT2D eigenvalue weighted by Crippen LogP contribution is 2.21. The predicted molar refractivity (Wildman–Crippen MR) is 75.2 cm³/mol. The van der Waals surface area contributed by atoms with Crippen molar-refractivity contribution < 1.29 is 13.7 Å². The summed E-state index contributed by atoms with van der Waals surface area (Å²) in [4.78, 5) is 16.7. The SMILES string of the molecule is O=C(NCc1cccc(F)c1)c1nc(-c2cccs2)no1. The molecule has 0 radical (unpaired) electrons. The van der Waals surface area contributed by atoms with Crippen LogP contribution in [0.25, 0.3) is 10.7 Å². The number of rotatable bonds is 4. The van der Waals surface area contributed by atoms with Crippen LogP contribution in [0.2, 0.25) is 0 Å². The molecule has 0 spiro atoms. The molecule has 5 nitrogen and oxygen atoms in total. The molecule has 0 saturated heterocycles. The van der Waals surface area contributed by atoms with Gasteiger partial charge in [-0.05, 0) is 29.1 Å². The summed E-state index contributed by atoms with van der Waals surface area (Å²) in [5.74, 6) is -0.579. The molecule has 0 aliphatic carbocycles. The molecule has 3 aromatic rings. The van der Waals surface area contributed by atoms with Gasteiger partial charge in [-0.25, -0.2) is 4.39 Å². The van der Waals surface area contributed by atoms with Gasteiger partial charge >= 0.3 is 11.8 Å². The Morgan fingerprint density at radius 3 is 3.00 bits per heavy atom. The molecule has 1 aromatic carbocycles. The van der Waals surface area contributed by atoms with Crippen LogP contribution >= 0.6 is 11.3 Å². The zero-order valence-electron chi connectivity index (χ0n) is 10.7. The third kappa shape index (κ3) is 3.14. The van der Waals surface area contributed by atoms with Crippen molar-refractivity contribution in [2.45, 2.75) is 6.54 Å². The van der Waals surface area contributed by atoms with E-state index in [2.05, 4.69) is 15.5 Å². The largest absolute Gasteiger partial charge is 0.344 e. The lowest BCUT2D eigenvalue weighted by atomic mass is 10.2. The number of amides is 1. The summed E-state index contributed by atoms with van der Waals surface area (Å²) in [6.45, 7) is 0.188. The molecule has 2 heterocycles. The van der Waals surface area contributed by atoms with Crippen LogP contribution in [0.4, 0.5) is 4.39 Å². The Balaban J connectivity index is 1.66. The molecule has 0 saturated carbocycles. The molecule has 3 rings (SSSR count). The van der Waals surface area contributed by atoms with Gasteiger partial charge in [0.15, 0.2) is 0 Å². The Morgan fingerprint density at radius 1 is 1.33 bits per heavy atom. The van der Waals surface area contributed by atoms with Crippen molar-refractivity contribution in [1.29, 1.82) is 0 Å². The molecule has 1 N–H and O–H groups in total. The number of aromatic nitrogens is 2. The molecule has 2 aromatic heterocycles. The summed E-state index contributed by atoms with van der Waals surface area (Å²) in [5, 5.41) is 8.24. The van der Waals surface area contributed by atoms with Gasteiger partial charge in [-0.15, -0.1) is 11.3 Å². The van der Waals surface area contributed by atoms with E-state index in [9.17, 15) is 9.18 Å². The molecule has 7 heteroatoms. The van der Waals surface area contributed by atoms with Crippen LogP contribution in [0, 0.1) is 5.82 Å². The van der Waals surface area contributed by atoms with Gasteiger partial charge < -0.3 is 9.84 Å². The average molecular weight is 303 g/mol. The van der Waals surface area contributed by atoms with Crippen LogP contribution in [0.15, 0.2) is 46.3 Å². The lowest BCUT2D eigenvalue weighted by Gasteiger charge is -2.02. The number of carbonyl (C=O) groups excluding carboxylic acids is 1. The highest BCUT2D eigenvalue weighted by atomic mass is 32.1. The Kier molecular flexibility index (Phi) is 3.74. The van der Waals surface area contributed by atoms with Crippen molar-refractivity contribution in [3.63, 3.8) is 0 Å². The maximum Gasteiger partial charge on any atom is 0.316 e. The van der Waals surface area contributed by atoms with Gasteiger partial charge in [-0.1, -0.05) is 23.4 Å². The normalized spacial score (nSPS) is 10.5. The molecular formula is C14H10FN3O2S. The number of halogens is 1. The number of hydrogen-bond acceptors (Lipinski definition) is 5. The van der Waals surface area contributed by atoms with Crippen molar-refractivity contribution in [3.05, 3.63) is 59.0 Å². The van der Waals surface area contributed by atoms with Crippen molar-refractivity contribution in [3.8, 4) is 10.7 Å². The van der Waals surface area contributed by atoms with Crippen LogP contribution in [0.3, 0.4) is 0 Å². The van der Waals surface area contributed by atoms with Gasteiger partial charge in [0.2, 0.25) is 5.82 Å². The Bertz CT molecular complexity index is 755. The van der Waals surface area contributed by atoms with E-state index in [1.165, 1.54) is 23.5 Å². The first-order valence-electron chi connectivity index (χ1n) is 6.12. The van der Waals surface area contributed by atoms with Crippen molar-refractivity contribution in [2.24, 2.45) is 0 Å². The first-order chi connectivity index (χ1) is 10.2. The number of nitrogens with one attached hydrogen (secondary N) is 1. The van der Waals surface area contributed by atoms with Gasteiger partial charge in [-0.2, -0.15) is 4.98 Å². The van der Waals surface area contributed by atoms with Crippen LogP contribution in [-0.4, -0.2) is 16.0 Å². The lowest BCUT2D eigenvalue weighted by Crippen LogP contribution is -2.23. The van der Waals surface area contributed by atoms with Crippen LogP contribution < -0.4 is 5.32 Å². The molecule has 106 valence electrons. The lowest BCUT2D eigenvalue weighted by molar-refractivity contribution is 0.0907. The second-order valence-corrected chi connectivity index (χ2v) is 5.16. The first-order valence-corrected chi connectivity index (χ1v) is 7.00. The topological polar surface area (TPSA) is 68.0 Å². The summed E-state index contributed by atoms with van der Waals surface area (Å²) in [6, 6.07) is 9.69. The maximum absolute atomic E-state index is 13.0. The summed E-state index contributed by atoms with van der Waals surface area (Å²) >= 11 is 1.45. The van der Waals surface area contributed by atoms with Gasteiger partial charge in [0.05, 0.1) is 4.88 Å². The minimum absolute atomic E-state index is 0.116. The fourth-order valence-corrected chi connectivity index (χ4v) is 2.38. The Labute approximate surface area is 123 Å². The maximum atomic E-state index is 13.0. The molecule has 0 atom stereocenters. The number of thiophene rings is 1. The van der Waals surface area contributed by atoms with Crippen LogP contribution in [0.1, 0.15) is 16.2 Å². The minimum Gasteiger partial charge on any atom is -0.344 e. The van der Waals surface area contributed by atoms with Gasteiger partial charge in [0.1, 0.15) is 5.82 Å². The molecule has 0 aliphatic rings. The number of benzene rings is 1. The second-order valence-electron chi connectivity index (χ2n) is 4.21. The van der Waals surface area contributed by atoms with E-state index in [0.29, 0.717) is 11.4 Å². The predicted octanol–water partition coefficient (Wildman–Crippen LogP) is 2.87. The number of hydrogen-bond donors (Lipinski definition) is 1. The van der Waals surface area contributed by atoms with Gasteiger partial charge in [0.25, 0.3) is 0 Å². The standard InChI is InChI=1S/C14H10FN3O2S/c15-10-4-1-3-9(7-10)8-16-13(19)14-17-12(18-20-14)11-5-2-6-21-11/h1-7H,8H2,(H,16,19). The van der Waals surface area contributed by atoms with E-state index in [0.717, 1.165) is 4.88 Å². The zero-order valence-corrected chi connectivity index (χ0v) is 11.6. The van der Waals surface area contributed by atoms with E-state index in [1.54, 1.807) is 12.1 Å². The molecule has 0 bridgehead atoms. The number of nitrogens with zero attached hydrogens (tertiary/aromatic N) is 2. The van der Waals surface area contributed by atoms with Crippen LogP contribution in [0.5, 0.6) is 0 Å². The third-order valence-electron chi connectivity index (χ3n) is 2.70. The van der Waals surface area contributed by atoms with E-state index in [4.69, 9.17) is 4.52 Å². The number of carbonyl (C=O) groups is 1. The first kappa shape index (κ1) is 13.4. The van der Waals surface area contributed by atoms with E-state index >= 15 is 0 Å². The van der Waals surface area contributed by atoms with Gasteiger partial charge in [-0.3, -0.25) is 4.79 Å². The highest BCUT2D eigenvalue weighted by molar-refractivity contribution is 7.13. The highest BCUT2D eigenvalue weighted by Gasteiger charge is 2.16. The Hall–Kier alpha value is -2.54. The summed E-state index contributed by atoms with van der Waals surface area (Å²) in [5.41, 5.74) is 0.654. The molecular weight excluding hydrogens is 293 g/mol. The fourth-order valence-electron chi connectivity index (χ4n) is 1.73. The molecule has 0 fully saturated rings. The monoisotopic (exact) mass is 303 g/mol. The summed E-state index contributed by atoms with van der Waals surface area (Å²) in [6.07, 6.45) is 0. The quantitative estimate of drug-likeness (QED) is 0.804. The van der Waals surface area contributed by atoms with Gasteiger partial charge in [0, 0.05) is 6.54 Å². The minimum atomic E-state index is -0.491. The van der Waals surface area contributed by atoms with E-state index < -0.39 is 5.91 Å². The molecule has 21 heavy (non-hydrogen) atoms. The molecule has 0 aliphatic heterocycles. The fraction of sp³-hybridized carbons (Fsp3) is 0.0714. The summed E-state index contributed by atoms with van der Waals surface area (Å²) in [7, 11) is 0.